The van der Waals surface area contributed by atoms with Gasteiger partial charge in [-0.15, -0.1) is 0 Å². The quantitative estimate of drug-likeness (QED) is 0.0366. The Morgan fingerprint density at radius 3 is 1.45 bits per heavy atom. The molecule has 402 valence electrons. The van der Waals surface area contributed by atoms with Crippen LogP contribution in [-0.4, -0.2) is 138 Å². The first kappa shape index (κ1) is 66.9. The second-order valence-electron chi connectivity index (χ2n) is 19.4. The minimum atomic E-state index is -0.866. The van der Waals surface area contributed by atoms with Crippen LogP contribution in [0, 0.1) is 23.7 Å². The van der Waals surface area contributed by atoms with Crippen LogP contribution in [0.3, 0.4) is 0 Å². The molecule has 11 N–H and O–H groups in total. The van der Waals surface area contributed by atoms with Gasteiger partial charge in [-0.25, -0.2) is 9.59 Å². The average molecular weight is 987 g/mol. The van der Waals surface area contributed by atoms with Gasteiger partial charge in [-0.3, -0.25) is 0 Å². The first-order chi connectivity index (χ1) is 31.6. The maximum absolute atomic E-state index is 12.3. The number of carbonyl (C=O) groups is 2. The fourth-order valence-electron chi connectivity index (χ4n) is 7.12. The molecule has 0 aromatic heterocycles. The highest BCUT2D eigenvalue weighted by Crippen LogP contribution is 2.34. The SMILES string of the molecule is CO.COCCCOc1cc(C[C@@H](C[C@H](NC(=O)OC(C)(C)C)[C@@H](O)CN)C(C)C)ccc1OC.COCCCOc1cc(C[C@@H](C[C@H](NC(=O)OC(C)(C)C)[C@@H]2CO2)C(C)C)ccc1OC.[NH4+].[OH-]. The number of benzene rings is 2. The van der Waals surface area contributed by atoms with E-state index >= 15 is 0 Å². The van der Waals surface area contributed by atoms with E-state index in [0.717, 1.165) is 56.3 Å². The number of ether oxygens (including phenoxy) is 9. The fourth-order valence-corrected chi connectivity index (χ4v) is 7.12. The molecule has 1 saturated heterocycles. The second kappa shape index (κ2) is 35.0. The van der Waals surface area contributed by atoms with Crippen molar-refractivity contribution in [3.63, 3.8) is 0 Å². The van der Waals surface area contributed by atoms with Crippen LogP contribution in [0.2, 0.25) is 0 Å². The van der Waals surface area contributed by atoms with Gasteiger partial charge in [0.05, 0.1) is 52.2 Å². The van der Waals surface area contributed by atoms with Crippen LogP contribution in [0.1, 0.15) is 106 Å². The van der Waals surface area contributed by atoms with Gasteiger partial charge in [0.25, 0.3) is 0 Å². The predicted molar refractivity (Wildman–Crippen MR) is 270 cm³/mol. The van der Waals surface area contributed by atoms with E-state index < -0.39 is 35.5 Å². The second-order valence-corrected chi connectivity index (χ2v) is 19.4. The number of methoxy groups -OCH3 is 4. The summed E-state index contributed by atoms with van der Waals surface area (Å²) in [5.41, 5.74) is 6.84. The van der Waals surface area contributed by atoms with Gasteiger partial charge in [0.2, 0.25) is 0 Å². The third-order valence-corrected chi connectivity index (χ3v) is 10.9. The van der Waals surface area contributed by atoms with Gasteiger partial charge in [0.1, 0.15) is 17.3 Å². The Kier molecular flexibility index (Phi) is 34.0. The molecule has 2 amide bonds. The number of nitrogens with two attached hydrogens (primary N) is 1. The van der Waals surface area contributed by atoms with Crippen LogP contribution in [-0.2, 0) is 36.5 Å². The average Bonchev–Trinajstić information content (AvgIpc) is 4.11. The summed E-state index contributed by atoms with van der Waals surface area (Å²) in [5, 5.41) is 23.3. The summed E-state index contributed by atoms with van der Waals surface area (Å²) in [6, 6.07) is 11.4. The lowest BCUT2D eigenvalue weighted by Gasteiger charge is -2.31. The van der Waals surface area contributed by atoms with E-state index in [1.807, 2.05) is 45.0 Å². The lowest BCUT2D eigenvalue weighted by atomic mass is 9.83. The molecule has 69 heavy (non-hydrogen) atoms. The first-order valence-corrected chi connectivity index (χ1v) is 23.6. The van der Waals surface area contributed by atoms with Crippen molar-refractivity contribution in [3.8, 4) is 23.0 Å². The molecule has 3 rings (SSSR count). The topological polar surface area (TPSA) is 278 Å². The van der Waals surface area contributed by atoms with Crippen LogP contribution < -0.4 is 41.5 Å². The molecule has 0 saturated carbocycles. The van der Waals surface area contributed by atoms with Gasteiger partial charge >= 0.3 is 12.2 Å². The molecule has 1 aliphatic rings. The highest BCUT2D eigenvalue weighted by Gasteiger charge is 2.37. The largest absolute Gasteiger partial charge is 0.870 e. The molecule has 0 unspecified atom stereocenters. The van der Waals surface area contributed by atoms with E-state index in [4.69, 9.17) is 53.5 Å². The first-order valence-electron chi connectivity index (χ1n) is 23.6. The maximum Gasteiger partial charge on any atom is 0.407 e. The molecule has 6 atom stereocenters. The number of alkyl carbamates (subject to hydrolysis) is 2. The van der Waals surface area contributed by atoms with Crippen LogP contribution >= 0.6 is 0 Å². The van der Waals surface area contributed by atoms with E-state index in [2.05, 4.69) is 50.5 Å². The summed E-state index contributed by atoms with van der Waals surface area (Å²) in [6.45, 7) is 22.8. The molecule has 1 aliphatic heterocycles. The molecule has 1 heterocycles. The minimum absolute atomic E-state index is 0. The number of nitrogens with one attached hydrogen (secondary N) is 2. The highest BCUT2D eigenvalue weighted by molar-refractivity contribution is 5.68. The summed E-state index contributed by atoms with van der Waals surface area (Å²) in [5.74, 6) is 4.13. The minimum Gasteiger partial charge on any atom is -0.870 e. The molecule has 0 aliphatic carbocycles. The van der Waals surface area contributed by atoms with Crippen molar-refractivity contribution in [1.82, 2.24) is 16.8 Å². The molecule has 18 nitrogen and oxygen atoms in total. The summed E-state index contributed by atoms with van der Waals surface area (Å²) >= 11 is 0. The number of hydrogen-bond acceptors (Lipinski definition) is 15. The number of carbonyl (C=O) groups excluding carboxylic acids is 2. The van der Waals surface area contributed by atoms with Gasteiger partial charge < -0.3 is 80.8 Å². The number of quaternary nitrogens is 1. The van der Waals surface area contributed by atoms with E-state index in [9.17, 15) is 14.7 Å². The van der Waals surface area contributed by atoms with E-state index in [0.29, 0.717) is 68.7 Å². The van der Waals surface area contributed by atoms with Crippen molar-refractivity contribution < 1.29 is 67.9 Å². The van der Waals surface area contributed by atoms with Crippen molar-refractivity contribution >= 4 is 12.2 Å². The molecule has 2 aromatic carbocycles. The van der Waals surface area contributed by atoms with E-state index in [-0.39, 0.29) is 36.2 Å². The molecule has 0 radical (unpaired) electrons. The van der Waals surface area contributed by atoms with Crippen LogP contribution in [0.4, 0.5) is 9.59 Å². The van der Waals surface area contributed by atoms with Crippen LogP contribution in [0.5, 0.6) is 23.0 Å². The summed E-state index contributed by atoms with van der Waals surface area (Å²) in [7, 11) is 7.62. The number of aliphatic hydroxyl groups excluding tert-OH is 2. The van der Waals surface area contributed by atoms with E-state index in [1.165, 1.54) is 5.56 Å². The molecular formula is C51H94N4O14. The van der Waals surface area contributed by atoms with Crippen LogP contribution in [0.25, 0.3) is 0 Å². The molecular weight excluding hydrogens is 893 g/mol. The van der Waals surface area contributed by atoms with Gasteiger partial charge in [-0.05, 0) is 126 Å². The standard InChI is InChI=1S/C25H44N2O6.C25H41NO6.CH4O.H3N.H2O/c1-17(2)19(15-20(21(28)16-26)27-24(29)33-25(3,4)5)13-18-9-10-22(31-7)23(14-18)32-12-8-11-30-6;1-17(2)19(15-20(23-16-31-23)26-24(27)32-25(3,4)5)13-18-9-10-21(29-7)22(14-18)30-12-8-11-28-6;1-2;;/h9-10,14,17,19-21,28H,8,11-13,15-16,26H2,1-7H3,(H,27,29);9-10,14,17,19-20,23H,8,11-13,15-16H2,1-7H3,(H,26,27);2H,1H3;1H3;1H2/t19-,20-,21-;19-,20-,23-;;;/m00.../s1. The molecule has 2 aromatic rings. The number of aliphatic hydroxyl groups is 2. The number of epoxide rings is 1. The number of rotatable bonds is 27. The van der Waals surface area contributed by atoms with Gasteiger partial charge in [-0.2, -0.15) is 0 Å². The summed E-state index contributed by atoms with van der Waals surface area (Å²) < 4.78 is 49.3. The zero-order valence-corrected chi connectivity index (χ0v) is 45.0. The van der Waals surface area contributed by atoms with Crippen molar-refractivity contribution in [2.24, 2.45) is 29.4 Å². The Labute approximate surface area is 414 Å². The number of amides is 2. The van der Waals surface area contributed by atoms with Crippen molar-refractivity contribution in [2.45, 2.75) is 143 Å². The van der Waals surface area contributed by atoms with Crippen molar-refractivity contribution in [3.05, 3.63) is 47.5 Å². The molecule has 0 bridgehead atoms. The Morgan fingerprint density at radius 2 is 1.10 bits per heavy atom. The predicted octanol–water partition coefficient (Wildman–Crippen LogP) is 7.94. The third-order valence-electron chi connectivity index (χ3n) is 10.9. The summed E-state index contributed by atoms with van der Waals surface area (Å²) in [4.78, 5) is 24.7. The van der Waals surface area contributed by atoms with Crippen molar-refractivity contribution in [1.29, 1.82) is 0 Å². The highest BCUT2D eigenvalue weighted by atomic mass is 16.6. The zero-order valence-electron chi connectivity index (χ0n) is 45.0. The molecule has 18 heteroatoms. The lowest BCUT2D eigenvalue weighted by molar-refractivity contribution is 0.0399. The Hall–Kier alpha value is -4.14. The molecule has 0 spiro atoms. The smallest absolute Gasteiger partial charge is 0.407 e. The van der Waals surface area contributed by atoms with Gasteiger partial charge in [-0.1, -0.05) is 39.8 Å². The normalized spacial score (nSPS) is 15.2. The lowest BCUT2D eigenvalue weighted by Crippen LogP contribution is -2.49. The Bertz CT molecular complexity index is 1670. The monoisotopic (exact) mass is 987 g/mol. The Morgan fingerprint density at radius 1 is 0.696 bits per heavy atom. The maximum atomic E-state index is 12.3. The van der Waals surface area contributed by atoms with Gasteiger partial charge in [0.15, 0.2) is 23.0 Å². The van der Waals surface area contributed by atoms with Crippen molar-refractivity contribution in [2.75, 3.05) is 75.1 Å². The third kappa shape index (κ3) is 28.3. The number of hydrogen-bond donors (Lipinski definition) is 6. The fraction of sp³-hybridized carbons (Fsp3) is 0.725. The zero-order chi connectivity index (χ0) is 50.7. The summed E-state index contributed by atoms with van der Waals surface area (Å²) in [6.07, 6.45) is 2.84. The Balaban J connectivity index is 0. The van der Waals surface area contributed by atoms with Crippen LogP contribution in [0.15, 0.2) is 36.4 Å². The molecule has 1 fully saturated rings. The van der Waals surface area contributed by atoms with E-state index in [1.54, 1.807) is 49.2 Å². The van der Waals surface area contributed by atoms with Gasteiger partial charge in [0, 0.05) is 53.9 Å².